The molecule has 106 valence electrons. The maximum Gasteiger partial charge on any atom is 0.142 e. The number of ether oxygens (including phenoxy) is 1. The van der Waals surface area contributed by atoms with Crippen LogP contribution in [0.15, 0.2) is 24.3 Å². The van der Waals surface area contributed by atoms with Gasteiger partial charge in [0.25, 0.3) is 0 Å². The van der Waals surface area contributed by atoms with E-state index in [0.29, 0.717) is 0 Å². The van der Waals surface area contributed by atoms with E-state index in [4.69, 9.17) is 4.74 Å². The van der Waals surface area contributed by atoms with Crippen molar-refractivity contribution in [1.82, 2.24) is 0 Å². The molecule has 2 heteroatoms. The molecule has 0 radical (unpaired) electrons. The standard InChI is InChI=1S/C17H27NO/c1-3-11-19-17-10-5-4-9-16(17)18-13-15-8-6-7-14(2)12-15/h4-5,9-10,14-15,18H,3,6-8,11-13H2,1-2H3. The fraction of sp³-hybridized carbons (Fsp3) is 0.647. The van der Waals surface area contributed by atoms with Crippen molar-refractivity contribution < 1.29 is 4.74 Å². The molecule has 2 atom stereocenters. The molecule has 0 aliphatic heterocycles. The minimum atomic E-state index is 0.791. The predicted octanol–water partition coefficient (Wildman–Crippen LogP) is 4.71. The van der Waals surface area contributed by atoms with E-state index in [1.807, 2.05) is 6.07 Å². The van der Waals surface area contributed by atoms with Gasteiger partial charge < -0.3 is 10.1 Å². The summed E-state index contributed by atoms with van der Waals surface area (Å²) in [6.07, 6.45) is 6.59. The topological polar surface area (TPSA) is 21.3 Å². The highest BCUT2D eigenvalue weighted by Crippen LogP contribution is 2.30. The second-order valence-electron chi connectivity index (χ2n) is 5.86. The molecule has 19 heavy (non-hydrogen) atoms. The molecule has 1 saturated carbocycles. The van der Waals surface area contributed by atoms with Crippen molar-refractivity contribution in [3.05, 3.63) is 24.3 Å². The highest BCUT2D eigenvalue weighted by molar-refractivity contribution is 5.56. The van der Waals surface area contributed by atoms with Gasteiger partial charge in [-0.25, -0.2) is 0 Å². The first-order valence-electron chi connectivity index (χ1n) is 7.75. The Morgan fingerprint density at radius 2 is 2.11 bits per heavy atom. The third kappa shape index (κ3) is 4.45. The van der Waals surface area contributed by atoms with Crippen molar-refractivity contribution in [2.45, 2.75) is 46.0 Å². The molecule has 1 fully saturated rings. The maximum atomic E-state index is 5.78. The molecule has 0 aromatic heterocycles. The van der Waals surface area contributed by atoms with E-state index in [1.165, 1.54) is 25.7 Å². The van der Waals surface area contributed by atoms with Crippen LogP contribution < -0.4 is 10.1 Å². The van der Waals surface area contributed by atoms with Gasteiger partial charge in [0, 0.05) is 6.54 Å². The van der Waals surface area contributed by atoms with E-state index in [0.717, 1.165) is 42.8 Å². The van der Waals surface area contributed by atoms with Crippen molar-refractivity contribution in [2.24, 2.45) is 11.8 Å². The predicted molar refractivity (Wildman–Crippen MR) is 81.8 cm³/mol. The van der Waals surface area contributed by atoms with Crippen LogP contribution in [0.5, 0.6) is 5.75 Å². The molecule has 2 rings (SSSR count). The third-order valence-electron chi connectivity index (χ3n) is 3.97. The van der Waals surface area contributed by atoms with E-state index >= 15 is 0 Å². The number of rotatable bonds is 6. The first kappa shape index (κ1) is 14.2. The summed E-state index contributed by atoms with van der Waals surface area (Å²) in [6.45, 7) is 6.39. The quantitative estimate of drug-likeness (QED) is 0.800. The summed E-state index contributed by atoms with van der Waals surface area (Å²) in [6, 6.07) is 8.29. The van der Waals surface area contributed by atoms with Crippen molar-refractivity contribution in [3.63, 3.8) is 0 Å². The number of benzene rings is 1. The Morgan fingerprint density at radius 3 is 2.89 bits per heavy atom. The van der Waals surface area contributed by atoms with Gasteiger partial charge in [-0.05, 0) is 43.2 Å². The van der Waals surface area contributed by atoms with Crippen LogP contribution in [-0.4, -0.2) is 13.2 Å². The number of anilines is 1. The van der Waals surface area contributed by atoms with Gasteiger partial charge in [0.15, 0.2) is 0 Å². The molecule has 0 spiro atoms. The van der Waals surface area contributed by atoms with E-state index in [2.05, 4.69) is 37.4 Å². The summed E-state index contributed by atoms with van der Waals surface area (Å²) in [7, 11) is 0. The monoisotopic (exact) mass is 261 g/mol. The lowest BCUT2D eigenvalue weighted by molar-refractivity contribution is 0.292. The van der Waals surface area contributed by atoms with Crippen LogP contribution >= 0.6 is 0 Å². The molecular weight excluding hydrogens is 234 g/mol. The first-order valence-corrected chi connectivity index (χ1v) is 7.75. The van der Waals surface area contributed by atoms with Crippen LogP contribution in [0.1, 0.15) is 46.0 Å². The zero-order valence-electron chi connectivity index (χ0n) is 12.3. The molecule has 0 amide bonds. The molecule has 1 N–H and O–H groups in total. The Bertz CT molecular complexity index is 377. The van der Waals surface area contributed by atoms with Crippen molar-refractivity contribution in [2.75, 3.05) is 18.5 Å². The van der Waals surface area contributed by atoms with Crippen LogP contribution in [0, 0.1) is 11.8 Å². The average Bonchev–Trinajstić information content (AvgIpc) is 2.44. The Hall–Kier alpha value is -1.18. The molecule has 1 aromatic rings. The van der Waals surface area contributed by atoms with Gasteiger partial charge >= 0.3 is 0 Å². The summed E-state index contributed by atoms with van der Waals surface area (Å²) in [5.74, 6) is 2.71. The van der Waals surface area contributed by atoms with Crippen molar-refractivity contribution in [3.8, 4) is 5.75 Å². The van der Waals surface area contributed by atoms with Gasteiger partial charge in [0.05, 0.1) is 12.3 Å². The molecule has 0 saturated heterocycles. The number of hydrogen-bond acceptors (Lipinski definition) is 2. The van der Waals surface area contributed by atoms with E-state index < -0.39 is 0 Å². The fourth-order valence-corrected chi connectivity index (χ4v) is 2.95. The Balaban J connectivity index is 1.87. The van der Waals surface area contributed by atoms with E-state index in [-0.39, 0.29) is 0 Å². The third-order valence-corrected chi connectivity index (χ3v) is 3.97. The van der Waals surface area contributed by atoms with E-state index in [1.54, 1.807) is 0 Å². The zero-order chi connectivity index (χ0) is 13.5. The minimum Gasteiger partial charge on any atom is -0.491 e. The van der Waals surface area contributed by atoms with Crippen LogP contribution in [0.25, 0.3) is 0 Å². The molecule has 0 bridgehead atoms. The Kier molecular flexibility index (Phi) is 5.56. The smallest absolute Gasteiger partial charge is 0.142 e. The first-order chi connectivity index (χ1) is 9.29. The lowest BCUT2D eigenvalue weighted by Crippen LogP contribution is -2.21. The Morgan fingerprint density at radius 1 is 1.26 bits per heavy atom. The summed E-state index contributed by atoms with van der Waals surface area (Å²) in [5, 5.41) is 3.59. The van der Waals surface area contributed by atoms with E-state index in [9.17, 15) is 0 Å². The largest absolute Gasteiger partial charge is 0.491 e. The molecule has 0 heterocycles. The highest BCUT2D eigenvalue weighted by atomic mass is 16.5. The SMILES string of the molecule is CCCOc1ccccc1NCC1CCCC(C)C1. The van der Waals surface area contributed by atoms with Gasteiger partial charge in [0.2, 0.25) is 0 Å². The minimum absolute atomic E-state index is 0.791. The molecule has 1 aliphatic carbocycles. The van der Waals surface area contributed by atoms with Crippen LogP contribution in [0.3, 0.4) is 0 Å². The maximum absolute atomic E-state index is 5.78. The Labute approximate surface area is 117 Å². The average molecular weight is 261 g/mol. The van der Waals surface area contributed by atoms with Crippen LogP contribution in [-0.2, 0) is 0 Å². The number of hydrogen-bond donors (Lipinski definition) is 1. The lowest BCUT2D eigenvalue weighted by atomic mass is 9.82. The number of para-hydroxylation sites is 2. The van der Waals surface area contributed by atoms with Gasteiger partial charge in [-0.1, -0.05) is 38.8 Å². The van der Waals surface area contributed by atoms with Gasteiger partial charge in [-0.15, -0.1) is 0 Å². The molecular formula is C17H27NO. The molecule has 1 aromatic carbocycles. The summed E-state index contributed by atoms with van der Waals surface area (Å²) in [4.78, 5) is 0. The van der Waals surface area contributed by atoms with Gasteiger partial charge in [-0.2, -0.15) is 0 Å². The highest BCUT2D eigenvalue weighted by Gasteiger charge is 2.18. The summed E-state index contributed by atoms with van der Waals surface area (Å²) in [5.41, 5.74) is 1.15. The molecule has 2 unspecified atom stereocenters. The molecule has 1 aliphatic rings. The van der Waals surface area contributed by atoms with Crippen molar-refractivity contribution >= 4 is 5.69 Å². The van der Waals surface area contributed by atoms with Crippen LogP contribution in [0.4, 0.5) is 5.69 Å². The summed E-state index contributed by atoms with van der Waals surface area (Å²) >= 11 is 0. The van der Waals surface area contributed by atoms with Gasteiger partial charge in [-0.3, -0.25) is 0 Å². The normalized spacial score (nSPS) is 23.1. The fourth-order valence-electron chi connectivity index (χ4n) is 2.95. The number of nitrogens with one attached hydrogen (secondary N) is 1. The van der Waals surface area contributed by atoms with Crippen LogP contribution in [0.2, 0.25) is 0 Å². The molecule has 2 nitrogen and oxygen atoms in total. The summed E-state index contributed by atoms with van der Waals surface area (Å²) < 4.78 is 5.78. The zero-order valence-corrected chi connectivity index (χ0v) is 12.3. The lowest BCUT2D eigenvalue weighted by Gasteiger charge is -2.27. The second-order valence-corrected chi connectivity index (χ2v) is 5.86. The second kappa shape index (κ2) is 7.42. The van der Waals surface area contributed by atoms with Crippen molar-refractivity contribution in [1.29, 1.82) is 0 Å². The van der Waals surface area contributed by atoms with Gasteiger partial charge in [0.1, 0.15) is 5.75 Å².